The summed E-state index contributed by atoms with van der Waals surface area (Å²) in [6.45, 7) is 3.81. The lowest BCUT2D eigenvalue weighted by atomic mass is 9.81. The molecule has 1 rings (SSSR count). The Balaban J connectivity index is 2.17. The predicted octanol–water partition coefficient (Wildman–Crippen LogP) is 3.08. The van der Waals surface area contributed by atoms with Crippen LogP contribution in [0.25, 0.3) is 0 Å². The molecule has 1 nitrogen and oxygen atoms in total. The highest BCUT2D eigenvalue weighted by atomic mass is 16.3. The first-order valence-corrected chi connectivity index (χ1v) is 5.28. The minimum absolute atomic E-state index is 0.298. The molecule has 0 spiro atoms. The minimum Gasteiger partial charge on any atom is -0.390 e. The van der Waals surface area contributed by atoms with Crippen molar-refractivity contribution < 1.29 is 5.11 Å². The maximum absolute atomic E-state index is 10.1. The highest BCUT2D eigenvalue weighted by molar-refractivity contribution is 4.81. The average Bonchev–Trinajstić information content (AvgIpc) is 2.06. The molecular weight excluding hydrogens is 148 g/mol. The number of unbranched alkanes of at least 4 members (excludes halogenated alkanes) is 2. The molecule has 1 aliphatic carbocycles. The number of rotatable bonds is 4. The zero-order chi connectivity index (χ0) is 8.86. The van der Waals surface area contributed by atoms with Gasteiger partial charge in [-0.15, -0.1) is 0 Å². The first kappa shape index (κ1) is 10.0. The fourth-order valence-electron chi connectivity index (χ4n) is 2.09. The molecule has 1 aliphatic rings. The van der Waals surface area contributed by atoms with E-state index in [0.717, 1.165) is 32.1 Å². The summed E-state index contributed by atoms with van der Waals surface area (Å²) in [4.78, 5) is 0. The van der Waals surface area contributed by atoms with Crippen LogP contribution in [0.5, 0.6) is 0 Å². The number of hydrogen-bond donors (Lipinski definition) is 1. The maximum atomic E-state index is 10.1. The molecule has 0 atom stereocenters. The molecular formula is C11H21O. The van der Waals surface area contributed by atoms with Crippen LogP contribution in [0.4, 0.5) is 0 Å². The normalized spacial score (nSPS) is 22.5. The molecule has 1 fully saturated rings. The lowest BCUT2D eigenvalue weighted by Gasteiger charge is -2.32. The summed E-state index contributed by atoms with van der Waals surface area (Å²) < 4.78 is 0. The van der Waals surface area contributed by atoms with Gasteiger partial charge in [-0.05, 0) is 19.3 Å². The van der Waals surface area contributed by atoms with Crippen molar-refractivity contribution in [3.05, 3.63) is 6.92 Å². The summed E-state index contributed by atoms with van der Waals surface area (Å²) in [6.07, 6.45) is 10.2. The van der Waals surface area contributed by atoms with Gasteiger partial charge in [-0.3, -0.25) is 0 Å². The van der Waals surface area contributed by atoms with Crippen LogP contribution in [0.3, 0.4) is 0 Å². The van der Waals surface area contributed by atoms with Gasteiger partial charge in [-0.25, -0.2) is 0 Å². The summed E-state index contributed by atoms with van der Waals surface area (Å²) in [7, 11) is 0. The molecule has 0 saturated heterocycles. The van der Waals surface area contributed by atoms with Crippen molar-refractivity contribution in [3.8, 4) is 0 Å². The van der Waals surface area contributed by atoms with Gasteiger partial charge >= 0.3 is 0 Å². The molecule has 0 aromatic rings. The van der Waals surface area contributed by atoms with Gasteiger partial charge in [0, 0.05) is 0 Å². The molecule has 0 aliphatic heterocycles. The van der Waals surface area contributed by atoms with E-state index in [9.17, 15) is 5.11 Å². The van der Waals surface area contributed by atoms with Gasteiger partial charge in [0.1, 0.15) is 0 Å². The first-order valence-electron chi connectivity index (χ1n) is 5.28. The topological polar surface area (TPSA) is 20.2 Å². The van der Waals surface area contributed by atoms with Crippen LogP contribution in [0.1, 0.15) is 57.8 Å². The Morgan fingerprint density at radius 1 is 1.08 bits per heavy atom. The second kappa shape index (κ2) is 4.86. The zero-order valence-corrected chi connectivity index (χ0v) is 8.02. The highest BCUT2D eigenvalue weighted by Gasteiger charge is 2.27. The van der Waals surface area contributed by atoms with Crippen LogP contribution < -0.4 is 0 Å². The van der Waals surface area contributed by atoms with Crippen LogP contribution in [-0.4, -0.2) is 10.7 Å². The van der Waals surface area contributed by atoms with Gasteiger partial charge < -0.3 is 5.11 Å². The van der Waals surface area contributed by atoms with E-state index in [1.807, 2.05) is 0 Å². The maximum Gasteiger partial charge on any atom is 0.0647 e. The third-order valence-electron chi connectivity index (χ3n) is 2.93. The fraction of sp³-hybridized carbons (Fsp3) is 0.909. The molecule has 0 amide bonds. The highest BCUT2D eigenvalue weighted by Crippen LogP contribution is 2.32. The van der Waals surface area contributed by atoms with Crippen molar-refractivity contribution in [2.45, 2.75) is 63.4 Å². The van der Waals surface area contributed by atoms with Gasteiger partial charge in [0.2, 0.25) is 0 Å². The zero-order valence-electron chi connectivity index (χ0n) is 8.02. The average molecular weight is 169 g/mol. The first-order chi connectivity index (χ1) is 5.77. The van der Waals surface area contributed by atoms with E-state index in [4.69, 9.17) is 0 Å². The van der Waals surface area contributed by atoms with E-state index in [0.29, 0.717) is 0 Å². The number of aliphatic hydroxyl groups is 1. The van der Waals surface area contributed by atoms with Crippen LogP contribution in [0.2, 0.25) is 0 Å². The smallest absolute Gasteiger partial charge is 0.0647 e. The van der Waals surface area contributed by atoms with Crippen LogP contribution in [0.15, 0.2) is 0 Å². The molecule has 0 heterocycles. The fourth-order valence-corrected chi connectivity index (χ4v) is 2.09. The van der Waals surface area contributed by atoms with E-state index in [2.05, 4.69) is 6.92 Å². The Kier molecular flexibility index (Phi) is 4.07. The summed E-state index contributed by atoms with van der Waals surface area (Å²) >= 11 is 0. The van der Waals surface area contributed by atoms with Crippen LogP contribution in [-0.2, 0) is 0 Å². The Morgan fingerprint density at radius 3 is 2.33 bits per heavy atom. The molecule has 71 valence electrons. The third kappa shape index (κ3) is 3.14. The van der Waals surface area contributed by atoms with E-state index in [1.165, 1.54) is 25.7 Å². The van der Waals surface area contributed by atoms with Crippen LogP contribution >= 0.6 is 0 Å². The Hall–Kier alpha value is -0.0400. The Morgan fingerprint density at radius 2 is 1.75 bits per heavy atom. The van der Waals surface area contributed by atoms with Gasteiger partial charge in [-0.1, -0.05) is 45.4 Å². The SMILES string of the molecule is [CH2]CCCCC1(O)CCCCC1. The Bertz CT molecular complexity index is 114. The molecule has 1 N–H and O–H groups in total. The largest absolute Gasteiger partial charge is 0.390 e. The molecule has 1 radical (unpaired) electrons. The second-order valence-corrected chi connectivity index (χ2v) is 4.10. The minimum atomic E-state index is -0.298. The molecule has 12 heavy (non-hydrogen) atoms. The molecule has 1 heteroatoms. The van der Waals surface area contributed by atoms with E-state index < -0.39 is 0 Å². The van der Waals surface area contributed by atoms with Gasteiger partial charge in [0.25, 0.3) is 0 Å². The van der Waals surface area contributed by atoms with Crippen molar-refractivity contribution in [3.63, 3.8) is 0 Å². The number of hydrogen-bond acceptors (Lipinski definition) is 1. The molecule has 0 aromatic carbocycles. The van der Waals surface area contributed by atoms with Crippen molar-refractivity contribution in [2.24, 2.45) is 0 Å². The lowest BCUT2D eigenvalue weighted by molar-refractivity contribution is -0.00570. The lowest BCUT2D eigenvalue weighted by Crippen LogP contribution is -2.30. The quantitative estimate of drug-likeness (QED) is 0.641. The standard InChI is InChI=1S/C11H21O/c1-2-3-5-8-11(12)9-6-4-7-10-11/h12H,1-10H2. The molecule has 1 saturated carbocycles. The predicted molar refractivity (Wildman–Crippen MR) is 51.9 cm³/mol. The van der Waals surface area contributed by atoms with Gasteiger partial charge in [0.05, 0.1) is 5.60 Å². The van der Waals surface area contributed by atoms with Crippen LogP contribution in [0, 0.1) is 6.92 Å². The van der Waals surface area contributed by atoms with Gasteiger partial charge in [0.15, 0.2) is 0 Å². The van der Waals surface area contributed by atoms with E-state index in [-0.39, 0.29) is 5.60 Å². The van der Waals surface area contributed by atoms with Crippen molar-refractivity contribution in [1.29, 1.82) is 0 Å². The molecule has 0 unspecified atom stereocenters. The molecule has 0 bridgehead atoms. The van der Waals surface area contributed by atoms with Crippen molar-refractivity contribution >= 4 is 0 Å². The summed E-state index contributed by atoms with van der Waals surface area (Å²) in [5, 5.41) is 10.1. The van der Waals surface area contributed by atoms with E-state index in [1.54, 1.807) is 0 Å². The van der Waals surface area contributed by atoms with Crippen molar-refractivity contribution in [2.75, 3.05) is 0 Å². The third-order valence-corrected chi connectivity index (χ3v) is 2.93. The summed E-state index contributed by atoms with van der Waals surface area (Å²) in [5.74, 6) is 0. The monoisotopic (exact) mass is 169 g/mol. The Labute approximate surface area is 76.2 Å². The molecule has 0 aromatic heterocycles. The summed E-state index contributed by atoms with van der Waals surface area (Å²) in [6, 6.07) is 0. The second-order valence-electron chi connectivity index (χ2n) is 4.10. The summed E-state index contributed by atoms with van der Waals surface area (Å²) in [5.41, 5.74) is -0.298. The van der Waals surface area contributed by atoms with Crippen molar-refractivity contribution in [1.82, 2.24) is 0 Å². The van der Waals surface area contributed by atoms with Gasteiger partial charge in [-0.2, -0.15) is 0 Å². The van der Waals surface area contributed by atoms with E-state index >= 15 is 0 Å².